The fourth-order valence-electron chi connectivity index (χ4n) is 5.32. The summed E-state index contributed by atoms with van der Waals surface area (Å²) in [5, 5.41) is 9.61. The lowest BCUT2D eigenvalue weighted by molar-refractivity contribution is -0.134. The number of allylic oxidation sites excluding steroid dienone is 1. The highest BCUT2D eigenvalue weighted by Crippen LogP contribution is 2.55. The average Bonchev–Trinajstić information content (AvgIpc) is 2.69. The monoisotopic (exact) mass is 442 g/mol. The summed E-state index contributed by atoms with van der Waals surface area (Å²) in [5.74, 6) is 0.0211. The molecule has 0 spiro atoms. The lowest BCUT2D eigenvalue weighted by Gasteiger charge is -2.47. The predicted molar refractivity (Wildman–Crippen MR) is 125 cm³/mol. The molecule has 176 valence electrons. The normalized spacial score (nSPS) is 21.6. The van der Waals surface area contributed by atoms with E-state index in [0.29, 0.717) is 24.2 Å². The zero-order valence-electron chi connectivity index (χ0n) is 20.4. The molecule has 0 radical (unpaired) electrons. The van der Waals surface area contributed by atoms with Gasteiger partial charge in [-0.15, -0.1) is 0 Å². The van der Waals surface area contributed by atoms with Gasteiger partial charge in [0, 0.05) is 29.9 Å². The highest BCUT2D eigenvalue weighted by Gasteiger charge is 2.47. The number of hydrogen-bond acceptors (Lipinski definition) is 4. The number of fused-ring (bicyclic) bond motifs is 3. The number of carboxylic acid groups (broad SMARTS) is 1. The van der Waals surface area contributed by atoms with Crippen LogP contribution in [0.15, 0.2) is 23.8 Å². The number of aliphatic carboxylic acids is 1. The summed E-state index contributed by atoms with van der Waals surface area (Å²) < 4.78 is 12.2. The van der Waals surface area contributed by atoms with Gasteiger partial charge in [-0.2, -0.15) is 0 Å². The number of unbranched alkanes of at least 4 members (excludes halogenated alkanes) is 3. The second-order valence-corrected chi connectivity index (χ2v) is 10.6. The smallest absolute Gasteiger partial charge is 0.331 e. The Morgan fingerprint density at radius 3 is 2.56 bits per heavy atom. The number of ether oxygens (including phenoxy) is 2. The van der Waals surface area contributed by atoms with Crippen molar-refractivity contribution in [1.82, 2.24) is 0 Å². The van der Waals surface area contributed by atoms with E-state index in [4.69, 9.17) is 9.47 Å². The van der Waals surface area contributed by atoms with E-state index in [2.05, 4.69) is 40.7 Å². The van der Waals surface area contributed by atoms with Gasteiger partial charge in [-0.3, -0.25) is 4.79 Å². The molecule has 1 aliphatic heterocycles. The summed E-state index contributed by atoms with van der Waals surface area (Å²) in [6.07, 6.45) is 8.68. The first-order valence-electron chi connectivity index (χ1n) is 11.9. The molecule has 0 saturated heterocycles. The number of rotatable bonds is 8. The Balaban J connectivity index is 2.06. The van der Waals surface area contributed by atoms with E-state index in [9.17, 15) is 14.7 Å². The molecule has 1 aromatic rings. The molecule has 32 heavy (non-hydrogen) atoms. The van der Waals surface area contributed by atoms with Gasteiger partial charge in [-0.05, 0) is 56.2 Å². The molecule has 0 aromatic heterocycles. The van der Waals surface area contributed by atoms with E-state index in [1.807, 2.05) is 12.1 Å². The topological polar surface area (TPSA) is 72.8 Å². The van der Waals surface area contributed by atoms with Crippen molar-refractivity contribution in [2.75, 3.05) is 0 Å². The van der Waals surface area contributed by atoms with Crippen LogP contribution in [0.3, 0.4) is 0 Å². The molecule has 1 N–H and O–H groups in total. The minimum atomic E-state index is -0.881. The lowest BCUT2D eigenvalue weighted by Crippen LogP contribution is -2.46. The van der Waals surface area contributed by atoms with E-state index in [0.717, 1.165) is 29.7 Å². The van der Waals surface area contributed by atoms with Crippen LogP contribution in [0.2, 0.25) is 0 Å². The maximum absolute atomic E-state index is 12.0. The third-order valence-electron chi connectivity index (χ3n) is 7.25. The first-order valence-corrected chi connectivity index (χ1v) is 11.9. The third-order valence-corrected chi connectivity index (χ3v) is 7.25. The molecule has 1 aliphatic carbocycles. The van der Waals surface area contributed by atoms with Crippen molar-refractivity contribution in [3.05, 3.63) is 34.9 Å². The van der Waals surface area contributed by atoms with Crippen molar-refractivity contribution in [3.63, 3.8) is 0 Å². The minimum absolute atomic E-state index is 0.0686. The Bertz CT molecular complexity index is 909. The molecule has 1 aromatic carbocycles. The molecule has 2 aliphatic rings. The molecule has 0 saturated carbocycles. The Hall–Kier alpha value is -2.30. The third kappa shape index (κ3) is 5.02. The standard InChI is InChI=1S/C27H38O5/c1-7-8-9-10-13-26(3,4)19-15-22(31-17(2)28)24-20-14-18(25(29)30)11-12-21(20)27(5,6)32-23(24)16-19/h11,15-16,20-21H,7-10,12-14H2,1-6H3,(H,29,30)/t20-,21-/m1/s1. The molecule has 3 rings (SSSR count). The van der Waals surface area contributed by atoms with E-state index in [-0.39, 0.29) is 23.2 Å². The van der Waals surface area contributed by atoms with Crippen LogP contribution in [0.4, 0.5) is 0 Å². The van der Waals surface area contributed by atoms with Gasteiger partial charge in [-0.1, -0.05) is 52.5 Å². The molecule has 1 heterocycles. The summed E-state index contributed by atoms with van der Waals surface area (Å²) in [4.78, 5) is 23.7. The summed E-state index contributed by atoms with van der Waals surface area (Å²) in [7, 11) is 0. The van der Waals surface area contributed by atoms with Crippen molar-refractivity contribution < 1.29 is 24.2 Å². The van der Waals surface area contributed by atoms with Crippen LogP contribution in [0.5, 0.6) is 11.5 Å². The fourth-order valence-corrected chi connectivity index (χ4v) is 5.32. The average molecular weight is 443 g/mol. The Morgan fingerprint density at radius 2 is 1.94 bits per heavy atom. The summed E-state index contributed by atoms with van der Waals surface area (Å²) in [6, 6.07) is 4.08. The van der Waals surface area contributed by atoms with Gasteiger partial charge in [0.05, 0.1) is 0 Å². The molecule has 5 heteroatoms. The van der Waals surface area contributed by atoms with Crippen molar-refractivity contribution in [2.45, 2.75) is 103 Å². The summed E-state index contributed by atoms with van der Waals surface area (Å²) in [5.41, 5.74) is 1.80. The van der Waals surface area contributed by atoms with E-state index < -0.39 is 11.6 Å². The second kappa shape index (κ2) is 9.29. The number of carbonyl (C=O) groups is 2. The van der Waals surface area contributed by atoms with Gasteiger partial charge >= 0.3 is 11.9 Å². The van der Waals surface area contributed by atoms with E-state index in [1.165, 1.54) is 26.2 Å². The summed E-state index contributed by atoms with van der Waals surface area (Å²) in [6.45, 7) is 12.2. The van der Waals surface area contributed by atoms with Crippen LogP contribution >= 0.6 is 0 Å². The van der Waals surface area contributed by atoms with Gasteiger partial charge in [-0.25, -0.2) is 4.79 Å². The van der Waals surface area contributed by atoms with Gasteiger partial charge in [0.2, 0.25) is 0 Å². The van der Waals surface area contributed by atoms with Crippen LogP contribution in [-0.4, -0.2) is 22.6 Å². The van der Waals surface area contributed by atoms with Gasteiger partial charge in [0.1, 0.15) is 17.1 Å². The Kier molecular flexibility index (Phi) is 7.06. The first-order chi connectivity index (χ1) is 15.0. The highest BCUT2D eigenvalue weighted by molar-refractivity contribution is 5.87. The van der Waals surface area contributed by atoms with Crippen molar-refractivity contribution in [1.29, 1.82) is 0 Å². The second-order valence-electron chi connectivity index (χ2n) is 10.6. The molecule has 0 unspecified atom stereocenters. The molecule has 5 nitrogen and oxygen atoms in total. The number of carboxylic acids is 1. The molecule has 0 fully saturated rings. The van der Waals surface area contributed by atoms with Gasteiger partial charge < -0.3 is 14.6 Å². The Labute approximate surface area is 192 Å². The zero-order valence-corrected chi connectivity index (χ0v) is 20.4. The van der Waals surface area contributed by atoms with Crippen LogP contribution in [0, 0.1) is 5.92 Å². The highest BCUT2D eigenvalue weighted by atomic mass is 16.5. The van der Waals surface area contributed by atoms with Crippen molar-refractivity contribution >= 4 is 11.9 Å². The number of carbonyl (C=O) groups excluding carboxylic acids is 1. The van der Waals surface area contributed by atoms with Crippen LogP contribution in [0.25, 0.3) is 0 Å². The molecular weight excluding hydrogens is 404 g/mol. The first kappa shape index (κ1) is 24.3. The SMILES string of the molecule is CCCCCCC(C)(C)c1cc(OC(C)=O)c2c(c1)OC(C)(C)[C@@H]1CC=C(C(=O)O)C[C@@H]21. The molecule has 0 amide bonds. The largest absolute Gasteiger partial charge is 0.487 e. The zero-order chi connectivity index (χ0) is 23.7. The van der Waals surface area contributed by atoms with Gasteiger partial charge in [0.25, 0.3) is 0 Å². The minimum Gasteiger partial charge on any atom is -0.487 e. The van der Waals surface area contributed by atoms with Crippen LogP contribution in [0.1, 0.15) is 104 Å². The van der Waals surface area contributed by atoms with Crippen molar-refractivity contribution in [2.24, 2.45) is 5.92 Å². The molecule has 2 atom stereocenters. The number of benzene rings is 1. The Morgan fingerprint density at radius 1 is 1.22 bits per heavy atom. The number of esters is 1. The lowest BCUT2D eigenvalue weighted by atomic mass is 9.66. The van der Waals surface area contributed by atoms with E-state index in [1.54, 1.807) is 0 Å². The fraction of sp³-hybridized carbons (Fsp3) is 0.630. The maximum Gasteiger partial charge on any atom is 0.331 e. The molecule has 0 bridgehead atoms. The maximum atomic E-state index is 12.0. The van der Waals surface area contributed by atoms with Gasteiger partial charge in [0.15, 0.2) is 0 Å². The van der Waals surface area contributed by atoms with E-state index >= 15 is 0 Å². The van der Waals surface area contributed by atoms with Crippen LogP contribution in [-0.2, 0) is 15.0 Å². The summed E-state index contributed by atoms with van der Waals surface area (Å²) >= 11 is 0. The van der Waals surface area contributed by atoms with Crippen LogP contribution < -0.4 is 9.47 Å². The predicted octanol–water partition coefficient (Wildman–Crippen LogP) is 6.54. The quantitative estimate of drug-likeness (QED) is 0.281. The van der Waals surface area contributed by atoms with Crippen molar-refractivity contribution in [3.8, 4) is 11.5 Å². The molecular formula is C27H38O5. The number of hydrogen-bond donors (Lipinski definition) is 1.